The van der Waals surface area contributed by atoms with Crippen molar-refractivity contribution in [3.8, 4) is 5.75 Å². The topological polar surface area (TPSA) is 56.8 Å². The van der Waals surface area contributed by atoms with Gasteiger partial charge in [-0.3, -0.25) is 0 Å². The van der Waals surface area contributed by atoms with Gasteiger partial charge in [0.05, 0.1) is 26.0 Å². The number of ether oxygens (including phenoxy) is 3. The number of nitrogens with one attached hydrogen (secondary N) is 1. The summed E-state index contributed by atoms with van der Waals surface area (Å²) in [5, 5.41) is 3.27. The van der Waals surface area contributed by atoms with Crippen molar-refractivity contribution in [1.29, 1.82) is 0 Å². The molecule has 0 aliphatic carbocycles. The van der Waals surface area contributed by atoms with E-state index in [0.717, 1.165) is 5.69 Å². The van der Waals surface area contributed by atoms with Crippen LogP contribution in [-0.4, -0.2) is 38.9 Å². The molecule has 0 aliphatic heterocycles. The molecule has 0 fully saturated rings. The molecule has 0 aromatic heterocycles. The molecule has 0 radical (unpaired) electrons. The number of esters is 1. The number of carbonyl (C=O) groups is 1. The number of hydrogen-bond donors (Lipinski definition) is 1. The van der Waals surface area contributed by atoms with Gasteiger partial charge in [0.1, 0.15) is 5.75 Å². The van der Waals surface area contributed by atoms with Crippen LogP contribution in [0.4, 0.5) is 5.69 Å². The first-order valence-corrected chi connectivity index (χ1v) is 7.09. The zero-order chi connectivity index (χ0) is 15.9. The minimum Gasteiger partial charge on any atom is -0.495 e. The van der Waals surface area contributed by atoms with Crippen LogP contribution in [0.1, 0.15) is 20.8 Å². The normalized spacial score (nSPS) is 13.6. The maximum Gasteiger partial charge on any atom is 0.334 e. The van der Waals surface area contributed by atoms with E-state index in [9.17, 15) is 4.79 Å². The van der Waals surface area contributed by atoms with Gasteiger partial charge in [0, 0.05) is 7.11 Å². The fourth-order valence-corrected chi connectivity index (χ4v) is 2.17. The van der Waals surface area contributed by atoms with Crippen LogP contribution in [0.15, 0.2) is 24.3 Å². The van der Waals surface area contributed by atoms with E-state index in [1.54, 1.807) is 21.1 Å². The number of para-hydroxylation sites is 2. The van der Waals surface area contributed by atoms with Gasteiger partial charge in [0.15, 0.2) is 5.54 Å². The molecule has 0 saturated carbocycles. The summed E-state index contributed by atoms with van der Waals surface area (Å²) < 4.78 is 15.9. The van der Waals surface area contributed by atoms with Crippen LogP contribution < -0.4 is 10.1 Å². The van der Waals surface area contributed by atoms with E-state index in [2.05, 4.69) is 5.32 Å². The van der Waals surface area contributed by atoms with Crippen LogP contribution in [0.2, 0.25) is 0 Å². The fourth-order valence-electron chi connectivity index (χ4n) is 2.17. The molecule has 1 aromatic rings. The molecule has 0 aliphatic rings. The summed E-state index contributed by atoms with van der Waals surface area (Å²) in [6, 6.07) is 7.46. The van der Waals surface area contributed by atoms with Crippen LogP contribution in [0.3, 0.4) is 0 Å². The quantitative estimate of drug-likeness (QED) is 0.747. The lowest BCUT2D eigenvalue weighted by Crippen LogP contribution is -2.55. The summed E-state index contributed by atoms with van der Waals surface area (Å²) in [6.45, 7) is 6.24. The third-order valence-electron chi connectivity index (χ3n) is 3.46. The smallest absolute Gasteiger partial charge is 0.334 e. The van der Waals surface area contributed by atoms with E-state index in [1.165, 1.54) is 0 Å². The number of anilines is 1. The highest BCUT2D eigenvalue weighted by Gasteiger charge is 2.43. The molecule has 5 nitrogen and oxygen atoms in total. The maximum atomic E-state index is 12.5. The summed E-state index contributed by atoms with van der Waals surface area (Å²) >= 11 is 0. The third kappa shape index (κ3) is 3.88. The van der Waals surface area contributed by atoms with E-state index >= 15 is 0 Å². The van der Waals surface area contributed by atoms with E-state index in [-0.39, 0.29) is 18.5 Å². The van der Waals surface area contributed by atoms with Gasteiger partial charge in [-0.05, 0) is 25.0 Å². The minimum absolute atomic E-state index is 0.0265. The SMILES string of the molecule is CCOC(=O)C(COC)(Nc1ccccc1OC)C(C)C. The van der Waals surface area contributed by atoms with E-state index in [4.69, 9.17) is 14.2 Å². The molecule has 0 saturated heterocycles. The van der Waals surface area contributed by atoms with Crippen molar-refractivity contribution in [3.63, 3.8) is 0 Å². The van der Waals surface area contributed by atoms with Gasteiger partial charge in [-0.15, -0.1) is 0 Å². The first-order valence-electron chi connectivity index (χ1n) is 7.09. The number of benzene rings is 1. The number of rotatable bonds is 8. The van der Waals surface area contributed by atoms with Gasteiger partial charge in [-0.2, -0.15) is 0 Å². The highest BCUT2D eigenvalue weighted by Crippen LogP contribution is 2.31. The summed E-state index contributed by atoms with van der Waals surface area (Å²) in [4.78, 5) is 12.5. The van der Waals surface area contributed by atoms with Crippen LogP contribution in [-0.2, 0) is 14.3 Å². The molecular formula is C16H25NO4. The van der Waals surface area contributed by atoms with Crippen molar-refractivity contribution in [2.24, 2.45) is 5.92 Å². The molecule has 5 heteroatoms. The summed E-state index contributed by atoms with van der Waals surface area (Å²) in [6.07, 6.45) is 0. The van der Waals surface area contributed by atoms with Gasteiger partial charge >= 0.3 is 5.97 Å². The molecule has 0 heterocycles. The lowest BCUT2D eigenvalue weighted by molar-refractivity contribution is -0.152. The molecule has 0 spiro atoms. The lowest BCUT2D eigenvalue weighted by Gasteiger charge is -2.36. The van der Waals surface area contributed by atoms with E-state index < -0.39 is 5.54 Å². The van der Waals surface area contributed by atoms with Crippen molar-refractivity contribution in [2.75, 3.05) is 32.8 Å². The molecule has 1 unspecified atom stereocenters. The van der Waals surface area contributed by atoms with Gasteiger partial charge in [0.25, 0.3) is 0 Å². The van der Waals surface area contributed by atoms with Crippen LogP contribution in [0.5, 0.6) is 5.75 Å². The maximum absolute atomic E-state index is 12.5. The largest absolute Gasteiger partial charge is 0.495 e. The summed E-state index contributed by atoms with van der Waals surface area (Å²) in [5.41, 5.74) is -0.224. The summed E-state index contributed by atoms with van der Waals surface area (Å²) in [5.74, 6) is 0.317. The van der Waals surface area contributed by atoms with Gasteiger partial charge in [-0.1, -0.05) is 26.0 Å². The molecular weight excluding hydrogens is 270 g/mol. The van der Waals surface area contributed by atoms with Crippen LogP contribution in [0, 0.1) is 5.92 Å². The van der Waals surface area contributed by atoms with Crippen molar-refractivity contribution >= 4 is 11.7 Å². The molecule has 1 N–H and O–H groups in total. The Bertz CT molecular complexity index is 461. The molecule has 118 valence electrons. The van der Waals surface area contributed by atoms with Crippen LogP contribution >= 0.6 is 0 Å². The number of carbonyl (C=O) groups excluding carboxylic acids is 1. The molecule has 1 atom stereocenters. The van der Waals surface area contributed by atoms with Crippen molar-refractivity contribution < 1.29 is 19.0 Å². The minimum atomic E-state index is -0.959. The Labute approximate surface area is 126 Å². The Morgan fingerprint density at radius 3 is 2.48 bits per heavy atom. The summed E-state index contributed by atoms with van der Waals surface area (Å²) in [7, 11) is 3.17. The van der Waals surface area contributed by atoms with E-state index in [1.807, 2.05) is 38.1 Å². The standard InChI is InChI=1S/C16H25NO4/c1-6-21-15(18)16(11-19-4,12(2)3)17-13-9-7-8-10-14(13)20-5/h7-10,12,17H,6,11H2,1-5H3. The second-order valence-corrected chi connectivity index (χ2v) is 5.10. The van der Waals surface area contributed by atoms with Crippen molar-refractivity contribution in [2.45, 2.75) is 26.3 Å². The molecule has 21 heavy (non-hydrogen) atoms. The second kappa shape index (κ2) is 7.88. The van der Waals surface area contributed by atoms with E-state index in [0.29, 0.717) is 12.4 Å². The van der Waals surface area contributed by atoms with Crippen molar-refractivity contribution in [3.05, 3.63) is 24.3 Å². The molecule has 1 aromatic carbocycles. The van der Waals surface area contributed by atoms with Gasteiger partial charge in [-0.25, -0.2) is 4.79 Å². The van der Waals surface area contributed by atoms with Crippen LogP contribution in [0.25, 0.3) is 0 Å². The Hall–Kier alpha value is -1.75. The number of methoxy groups -OCH3 is 2. The average Bonchev–Trinajstić information content (AvgIpc) is 2.47. The fraction of sp³-hybridized carbons (Fsp3) is 0.562. The highest BCUT2D eigenvalue weighted by molar-refractivity contribution is 5.86. The molecule has 0 amide bonds. The first-order chi connectivity index (χ1) is 10.0. The zero-order valence-corrected chi connectivity index (χ0v) is 13.4. The molecule has 1 rings (SSSR count). The Kier molecular flexibility index (Phi) is 6.49. The van der Waals surface area contributed by atoms with Crippen molar-refractivity contribution in [1.82, 2.24) is 0 Å². The predicted octanol–water partition coefficient (Wildman–Crippen LogP) is 2.71. The number of hydrogen-bond acceptors (Lipinski definition) is 5. The first kappa shape index (κ1) is 17.3. The monoisotopic (exact) mass is 295 g/mol. The second-order valence-electron chi connectivity index (χ2n) is 5.10. The third-order valence-corrected chi connectivity index (χ3v) is 3.46. The zero-order valence-electron chi connectivity index (χ0n) is 13.4. The average molecular weight is 295 g/mol. The molecule has 0 bridgehead atoms. The highest BCUT2D eigenvalue weighted by atomic mass is 16.5. The predicted molar refractivity (Wildman–Crippen MR) is 82.7 cm³/mol. The van der Waals surface area contributed by atoms with Gasteiger partial charge in [0.2, 0.25) is 0 Å². The Morgan fingerprint density at radius 1 is 1.29 bits per heavy atom. The lowest BCUT2D eigenvalue weighted by atomic mass is 9.86. The Balaban J connectivity index is 3.19. The van der Waals surface area contributed by atoms with Gasteiger partial charge < -0.3 is 19.5 Å². The Morgan fingerprint density at radius 2 is 1.95 bits per heavy atom.